The van der Waals surface area contributed by atoms with E-state index in [2.05, 4.69) is 22.3 Å². The Hall–Kier alpha value is -1.35. The van der Waals surface area contributed by atoms with E-state index in [1.165, 1.54) is 44.1 Å². The number of nitrogens with zero attached hydrogens (tertiary/aromatic N) is 1. The van der Waals surface area contributed by atoms with Crippen LogP contribution in [0, 0.1) is 5.92 Å². The Balaban J connectivity index is 1.43. The molecule has 1 amide bonds. The molecule has 3 nitrogen and oxygen atoms in total. The molecular formula is C19H28N2O. The second-order valence-electron chi connectivity index (χ2n) is 6.81. The lowest BCUT2D eigenvalue weighted by Gasteiger charge is -2.43. The van der Waals surface area contributed by atoms with Crippen LogP contribution < -0.4 is 5.32 Å². The minimum atomic E-state index is 0.196. The van der Waals surface area contributed by atoms with E-state index in [4.69, 9.17) is 0 Å². The van der Waals surface area contributed by atoms with Crippen LogP contribution in [0.25, 0.3) is 0 Å². The standard InChI is InChI=1S/C19H28N2O/c22-19(20-13-12-16-7-2-1-3-8-16)15-21-14-6-10-17-9-4-5-11-18(17)21/h1-3,7-8,17-18H,4-6,9-15H2,(H,20,22)/t17-,18+/m1/s1. The third kappa shape index (κ3) is 4.10. The highest BCUT2D eigenvalue weighted by Crippen LogP contribution is 2.34. The lowest BCUT2D eigenvalue weighted by Crippen LogP contribution is -2.50. The molecule has 2 fully saturated rings. The first kappa shape index (κ1) is 15.5. The molecule has 22 heavy (non-hydrogen) atoms. The molecule has 1 saturated heterocycles. The molecule has 0 bridgehead atoms. The number of rotatable bonds is 5. The zero-order valence-electron chi connectivity index (χ0n) is 13.5. The van der Waals surface area contributed by atoms with Gasteiger partial charge >= 0.3 is 0 Å². The number of amides is 1. The van der Waals surface area contributed by atoms with Crippen LogP contribution in [0.2, 0.25) is 0 Å². The topological polar surface area (TPSA) is 32.3 Å². The van der Waals surface area contributed by atoms with Gasteiger partial charge in [-0.2, -0.15) is 0 Å². The van der Waals surface area contributed by atoms with Crippen LogP contribution in [0.5, 0.6) is 0 Å². The minimum Gasteiger partial charge on any atom is -0.355 e. The number of carbonyl (C=O) groups excluding carboxylic acids is 1. The number of hydrogen-bond donors (Lipinski definition) is 1. The number of carbonyl (C=O) groups is 1. The number of benzene rings is 1. The van der Waals surface area contributed by atoms with Gasteiger partial charge in [0.15, 0.2) is 0 Å². The maximum atomic E-state index is 12.2. The van der Waals surface area contributed by atoms with Gasteiger partial charge in [-0.15, -0.1) is 0 Å². The van der Waals surface area contributed by atoms with E-state index in [1.54, 1.807) is 0 Å². The van der Waals surface area contributed by atoms with E-state index in [-0.39, 0.29) is 5.91 Å². The fraction of sp³-hybridized carbons (Fsp3) is 0.632. The zero-order valence-corrected chi connectivity index (χ0v) is 13.5. The summed E-state index contributed by atoms with van der Waals surface area (Å²) in [7, 11) is 0. The molecule has 1 aliphatic heterocycles. The molecule has 2 atom stereocenters. The second kappa shape index (κ2) is 7.77. The van der Waals surface area contributed by atoms with Crippen molar-refractivity contribution in [1.82, 2.24) is 10.2 Å². The molecule has 2 aliphatic rings. The van der Waals surface area contributed by atoms with Crippen LogP contribution in [-0.2, 0) is 11.2 Å². The lowest BCUT2D eigenvalue weighted by atomic mass is 9.78. The molecular weight excluding hydrogens is 272 g/mol. The van der Waals surface area contributed by atoms with Gasteiger partial charge in [-0.1, -0.05) is 43.2 Å². The third-order valence-corrected chi connectivity index (χ3v) is 5.28. The Morgan fingerprint density at radius 2 is 1.86 bits per heavy atom. The predicted molar refractivity (Wildman–Crippen MR) is 89.7 cm³/mol. The number of piperidine rings is 1. The van der Waals surface area contributed by atoms with Crippen molar-refractivity contribution < 1.29 is 4.79 Å². The molecule has 120 valence electrons. The van der Waals surface area contributed by atoms with Gasteiger partial charge in [0.2, 0.25) is 5.91 Å². The number of likely N-dealkylation sites (tertiary alicyclic amines) is 1. The van der Waals surface area contributed by atoms with E-state index in [0.717, 1.165) is 25.4 Å². The summed E-state index contributed by atoms with van der Waals surface area (Å²) >= 11 is 0. The molecule has 3 rings (SSSR count). The fourth-order valence-corrected chi connectivity index (χ4v) is 4.16. The van der Waals surface area contributed by atoms with Gasteiger partial charge in [0.25, 0.3) is 0 Å². The Kier molecular flexibility index (Phi) is 5.49. The summed E-state index contributed by atoms with van der Waals surface area (Å²) in [4.78, 5) is 14.7. The van der Waals surface area contributed by atoms with Gasteiger partial charge in [0, 0.05) is 12.6 Å². The van der Waals surface area contributed by atoms with E-state index < -0.39 is 0 Å². The molecule has 1 aromatic carbocycles. The van der Waals surface area contributed by atoms with Crippen molar-refractivity contribution in [3.63, 3.8) is 0 Å². The average Bonchev–Trinajstić information content (AvgIpc) is 2.56. The third-order valence-electron chi connectivity index (χ3n) is 5.28. The van der Waals surface area contributed by atoms with Gasteiger partial charge in [-0.05, 0) is 50.1 Å². The first-order chi connectivity index (χ1) is 10.8. The van der Waals surface area contributed by atoms with Crippen molar-refractivity contribution in [1.29, 1.82) is 0 Å². The van der Waals surface area contributed by atoms with E-state index >= 15 is 0 Å². The second-order valence-corrected chi connectivity index (χ2v) is 6.81. The molecule has 3 heteroatoms. The Morgan fingerprint density at radius 1 is 1.09 bits per heavy atom. The van der Waals surface area contributed by atoms with E-state index in [0.29, 0.717) is 12.6 Å². The van der Waals surface area contributed by atoms with E-state index in [9.17, 15) is 4.79 Å². The number of nitrogens with one attached hydrogen (secondary N) is 1. The Morgan fingerprint density at radius 3 is 2.73 bits per heavy atom. The van der Waals surface area contributed by atoms with E-state index in [1.807, 2.05) is 18.2 Å². The summed E-state index contributed by atoms with van der Waals surface area (Å²) in [5.41, 5.74) is 1.29. The molecule has 0 aromatic heterocycles. The van der Waals surface area contributed by atoms with Crippen LogP contribution >= 0.6 is 0 Å². The van der Waals surface area contributed by atoms with Gasteiger partial charge < -0.3 is 5.32 Å². The highest BCUT2D eigenvalue weighted by molar-refractivity contribution is 5.78. The monoisotopic (exact) mass is 300 g/mol. The molecule has 1 saturated carbocycles. The molecule has 1 aliphatic carbocycles. The smallest absolute Gasteiger partial charge is 0.234 e. The van der Waals surface area contributed by atoms with Crippen LogP contribution in [0.1, 0.15) is 44.1 Å². The zero-order chi connectivity index (χ0) is 15.2. The minimum absolute atomic E-state index is 0.196. The van der Waals surface area contributed by atoms with Gasteiger partial charge in [-0.25, -0.2) is 0 Å². The molecule has 1 N–H and O–H groups in total. The summed E-state index contributed by atoms with van der Waals surface area (Å²) in [6.07, 6.45) is 8.94. The van der Waals surface area contributed by atoms with Crippen LogP contribution in [0.4, 0.5) is 0 Å². The van der Waals surface area contributed by atoms with Gasteiger partial charge in [0.05, 0.1) is 6.54 Å². The normalized spacial score (nSPS) is 25.5. The summed E-state index contributed by atoms with van der Waals surface area (Å²) < 4.78 is 0. The maximum absolute atomic E-state index is 12.2. The van der Waals surface area contributed by atoms with Gasteiger partial charge in [0.1, 0.15) is 0 Å². The highest BCUT2D eigenvalue weighted by atomic mass is 16.2. The fourth-order valence-electron chi connectivity index (χ4n) is 4.16. The SMILES string of the molecule is O=C(CN1CCC[C@H]2CCCC[C@@H]21)NCCc1ccccc1. The molecule has 1 heterocycles. The molecule has 0 unspecified atom stereocenters. The van der Waals surface area contributed by atoms with Crippen molar-refractivity contribution in [3.8, 4) is 0 Å². The Bertz CT molecular complexity index is 472. The lowest BCUT2D eigenvalue weighted by molar-refractivity contribution is -0.123. The van der Waals surface area contributed by atoms with Crippen molar-refractivity contribution >= 4 is 5.91 Å². The summed E-state index contributed by atoms with van der Waals surface area (Å²) in [5.74, 6) is 1.04. The van der Waals surface area contributed by atoms with Crippen LogP contribution in [0.3, 0.4) is 0 Å². The van der Waals surface area contributed by atoms with Crippen molar-refractivity contribution in [3.05, 3.63) is 35.9 Å². The Labute approximate surface area is 134 Å². The average molecular weight is 300 g/mol. The summed E-state index contributed by atoms with van der Waals surface area (Å²) in [5, 5.41) is 3.09. The first-order valence-corrected chi connectivity index (χ1v) is 8.87. The largest absolute Gasteiger partial charge is 0.355 e. The first-order valence-electron chi connectivity index (χ1n) is 8.87. The van der Waals surface area contributed by atoms with Crippen molar-refractivity contribution in [2.75, 3.05) is 19.6 Å². The van der Waals surface area contributed by atoms with Crippen molar-refractivity contribution in [2.45, 2.75) is 51.0 Å². The quantitative estimate of drug-likeness (QED) is 0.906. The molecule has 0 radical (unpaired) electrons. The number of fused-ring (bicyclic) bond motifs is 1. The van der Waals surface area contributed by atoms with Gasteiger partial charge in [-0.3, -0.25) is 9.69 Å². The van der Waals surface area contributed by atoms with Crippen LogP contribution in [0.15, 0.2) is 30.3 Å². The maximum Gasteiger partial charge on any atom is 0.234 e. The summed E-state index contributed by atoms with van der Waals surface area (Å²) in [6.45, 7) is 2.44. The highest BCUT2D eigenvalue weighted by Gasteiger charge is 2.33. The predicted octanol–water partition coefficient (Wildman–Crippen LogP) is 3.00. The van der Waals surface area contributed by atoms with Crippen molar-refractivity contribution in [2.24, 2.45) is 5.92 Å². The number of hydrogen-bond acceptors (Lipinski definition) is 2. The molecule has 1 aromatic rings. The summed E-state index contributed by atoms with van der Waals surface area (Å²) in [6, 6.07) is 11.0. The van der Waals surface area contributed by atoms with Crippen LogP contribution in [-0.4, -0.2) is 36.5 Å². The molecule has 0 spiro atoms.